The van der Waals surface area contributed by atoms with Crippen LogP contribution in [-0.2, 0) is 20.7 Å². The Labute approximate surface area is 141 Å². The smallest absolute Gasteiger partial charge is 0.307 e. The van der Waals surface area contributed by atoms with Crippen LogP contribution in [0.4, 0.5) is 0 Å². The molecule has 1 N–H and O–H groups in total. The number of carboxylic acids is 1. The number of methoxy groups -OCH3 is 1. The second-order valence-electron chi connectivity index (χ2n) is 5.43. The van der Waals surface area contributed by atoms with Crippen LogP contribution in [-0.4, -0.2) is 24.2 Å². The maximum Gasteiger partial charge on any atom is 0.307 e. The minimum Gasteiger partial charge on any atom is -0.481 e. The molecular formula is C20H20O4. The quantitative estimate of drug-likeness (QED) is 0.621. The van der Waals surface area contributed by atoms with E-state index < -0.39 is 5.97 Å². The lowest BCUT2D eigenvalue weighted by Gasteiger charge is -2.08. The molecule has 2 aromatic rings. The molecular weight excluding hydrogens is 304 g/mol. The first kappa shape index (κ1) is 17.5. The zero-order valence-corrected chi connectivity index (χ0v) is 13.6. The Morgan fingerprint density at radius 3 is 2.46 bits per heavy atom. The van der Waals surface area contributed by atoms with Gasteiger partial charge in [0.05, 0.1) is 13.5 Å². The second-order valence-corrected chi connectivity index (χ2v) is 5.43. The normalized spacial score (nSPS) is 11.1. The lowest BCUT2D eigenvalue weighted by molar-refractivity contribution is -0.140. The number of carboxylic acid groups (broad SMARTS) is 1. The molecule has 0 aromatic heterocycles. The third kappa shape index (κ3) is 5.39. The Morgan fingerprint density at radius 1 is 1.04 bits per heavy atom. The molecule has 2 rings (SSSR count). The van der Waals surface area contributed by atoms with Crippen LogP contribution < -0.4 is 0 Å². The Morgan fingerprint density at radius 2 is 1.79 bits per heavy atom. The monoisotopic (exact) mass is 324 g/mol. The molecule has 0 heterocycles. The van der Waals surface area contributed by atoms with E-state index in [9.17, 15) is 9.59 Å². The summed E-state index contributed by atoms with van der Waals surface area (Å²) in [6.07, 6.45) is 2.83. The molecule has 0 radical (unpaired) electrons. The number of benzene rings is 2. The molecule has 0 bridgehead atoms. The fourth-order valence-corrected chi connectivity index (χ4v) is 2.46. The van der Waals surface area contributed by atoms with Crippen LogP contribution in [0.5, 0.6) is 0 Å². The third-order valence-corrected chi connectivity index (χ3v) is 3.62. The Balaban J connectivity index is 2.30. The highest BCUT2D eigenvalue weighted by molar-refractivity contribution is 5.84. The minimum atomic E-state index is -0.856. The fraction of sp³-hybridized carbons (Fsp3) is 0.200. The Hall–Kier alpha value is -2.88. The molecule has 0 spiro atoms. The van der Waals surface area contributed by atoms with Crippen molar-refractivity contribution in [3.8, 4) is 0 Å². The van der Waals surface area contributed by atoms with Crippen LogP contribution in [0.1, 0.15) is 29.5 Å². The van der Waals surface area contributed by atoms with Gasteiger partial charge in [-0.1, -0.05) is 60.7 Å². The molecule has 0 saturated heterocycles. The van der Waals surface area contributed by atoms with E-state index in [-0.39, 0.29) is 12.4 Å². The first-order valence-electron chi connectivity index (χ1n) is 7.72. The Kier molecular flexibility index (Phi) is 6.32. The van der Waals surface area contributed by atoms with E-state index in [4.69, 9.17) is 9.84 Å². The van der Waals surface area contributed by atoms with Crippen molar-refractivity contribution >= 4 is 23.6 Å². The van der Waals surface area contributed by atoms with E-state index in [1.54, 1.807) is 6.07 Å². The van der Waals surface area contributed by atoms with Crippen molar-refractivity contribution in [1.82, 2.24) is 0 Å². The number of carbonyl (C=O) groups excluding carboxylic acids is 1. The first-order chi connectivity index (χ1) is 11.6. The van der Waals surface area contributed by atoms with Crippen LogP contribution in [0.25, 0.3) is 11.6 Å². The molecule has 2 aromatic carbocycles. The van der Waals surface area contributed by atoms with Gasteiger partial charge in [0, 0.05) is 6.42 Å². The topological polar surface area (TPSA) is 63.6 Å². The van der Waals surface area contributed by atoms with Gasteiger partial charge in [0.15, 0.2) is 0 Å². The zero-order chi connectivity index (χ0) is 17.4. The van der Waals surface area contributed by atoms with Crippen LogP contribution >= 0.6 is 0 Å². The summed E-state index contributed by atoms with van der Waals surface area (Å²) in [5.41, 5.74) is 3.70. The highest BCUT2D eigenvalue weighted by Crippen LogP contribution is 2.23. The molecule has 4 nitrogen and oxygen atoms in total. The number of hydrogen-bond donors (Lipinski definition) is 1. The summed E-state index contributed by atoms with van der Waals surface area (Å²) in [5, 5.41) is 8.92. The molecule has 0 saturated carbocycles. The predicted octanol–water partition coefficient (Wildman–Crippen LogP) is 3.81. The van der Waals surface area contributed by atoms with Crippen molar-refractivity contribution in [2.75, 3.05) is 7.11 Å². The van der Waals surface area contributed by atoms with Crippen molar-refractivity contribution in [1.29, 1.82) is 0 Å². The highest BCUT2D eigenvalue weighted by atomic mass is 16.5. The first-order valence-corrected chi connectivity index (χ1v) is 7.72. The summed E-state index contributed by atoms with van der Waals surface area (Å²) in [4.78, 5) is 22.3. The zero-order valence-electron chi connectivity index (χ0n) is 13.6. The van der Waals surface area contributed by atoms with Crippen LogP contribution in [0.2, 0.25) is 0 Å². The van der Waals surface area contributed by atoms with Crippen molar-refractivity contribution in [2.45, 2.75) is 19.3 Å². The van der Waals surface area contributed by atoms with E-state index >= 15 is 0 Å². The molecule has 0 aliphatic carbocycles. The number of esters is 1. The van der Waals surface area contributed by atoms with Gasteiger partial charge in [-0.25, -0.2) is 0 Å². The molecule has 0 fully saturated rings. The van der Waals surface area contributed by atoms with Crippen molar-refractivity contribution in [3.05, 3.63) is 71.3 Å². The SMILES string of the molecule is COC(=O)CCC(=Cc1cccc(CC(=O)O)c1)c1ccccc1. The number of aliphatic carboxylic acids is 1. The molecule has 0 unspecified atom stereocenters. The van der Waals surface area contributed by atoms with Gasteiger partial charge >= 0.3 is 11.9 Å². The summed E-state index contributed by atoms with van der Waals surface area (Å²) >= 11 is 0. The van der Waals surface area contributed by atoms with Crippen LogP contribution in [0.15, 0.2) is 54.6 Å². The van der Waals surface area contributed by atoms with Gasteiger partial charge < -0.3 is 9.84 Å². The third-order valence-electron chi connectivity index (χ3n) is 3.62. The molecule has 4 heteroatoms. The largest absolute Gasteiger partial charge is 0.481 e. The average molecular weight is 324 g/mol. The fourth-order valence-electron chi connectivity index (χ4n) is 2.46. The molecule has 24 heavy (non-hydrogen) atoms. The van der Waals surface area contributed by atoms with E-state index in [0.717, 1.165) is 22.3 Å². The van der Waals surface area contributed by atoms with Crippen molar-refractivity contribution in [2.24, 2.45) is 0 Å². The standard InChI is InChI=1S/C20H20O4/c1-24-20(23)11-10-18(17-8-3-2-4-9-17)13-15-6-5-7-16(12-15)14-19(21)22/h2-9,12-13H,10-11,14H2,1H3,(H,21,22). The highest BCUT2D eigenvalue weighted by Gasteiger charge is 2.07. The van der Waals surface area contributed by atoms with E-state index in [2.05, 4.69) is 0 Å². The molecule has 0 amide bonds. The number of ether oxygens (including phenoxy) is 1. The molecule has 0 aliphatic heterocycles. The van der Waals surface area contributed by atoms with Gasteiger partial charge in [0.25, 0.3) is 0 Å². The summed E-state index contributed by atoms with van der Waals surface area (Å²) in [7, 11) is 1.38. The Bertz CT molecular complexity index is 732. The summed E-state index contributed by atoms with van der Waals surface area (Å²) in [6.45, 7) is 0. The van der Waals surface area contributed by atoms with Gasteiger partial charge in [0.1, 0.15) is 0 Å². The van der Waals surface area contributed by atoms with E-state index in [0.29, 0.717) is 12.8 Å². The van der Waals surface area contributed by atoms with E-state index in [1.807, 2.05) is 54.6 Å². The summed E-state index contributed by atoms with van der Waals surface area (Å²) in [5.74, 6) is -1.11. The maximum atomic E-state index is 11.5. The summed E-state index contributed by atoms with van der Waals surface area (Å²) < 4.78 is 4.72. The molecule has 124 valence electrons. The lowest BCUT2D eigenvalue weighted by atomic mass is 9.97. The van der Waals surface area contributed by atoms with Gasteiger partial charge in [0.2, 0.25) is 0 Å². The van der Waals surface area contributed by atoms with E-state index in [1.165, 1.54) is 7.11 Å². The van der Waals surface area contributed by atoms with Crippen LogP contribution in [0, 0.1) is 0 Å². The van der Waals surface area contributed by atoms with Gasteiger partial charge in [-0.3, -0.25) is 9.59 Å². The summed E-state index contributed by atoms with van der Waals surface area (Å²) in [6, 6.07) is 17.2. The number of carbonyl (C=O) groups is 2. The average Bonchev–Trinajstić information content (AvgIpc) is 2.58. The molecule has 0 aliphatic rings. The van der Waals surface area contributed by atoms with Crippen LogP contribution in [0.3, 0.4) is 0 Å². The second kappa shape index (κ2) is 8.67. The number of rotatable bonds is 7. The van der Waals surface area contributed by atoms with Crippen molar-refractivity contribution in [3.63, 3.8) is 0 Å². The maximum absolute atomic E-state index is 11.5. The number of hydrogen-bond acceptors (Lipinski definition) is 3. The van der Waals surface area contributed by atoms with Gasteiger partial charge in [-0.05, 0) is 28.7 Å². The van der Waals surface area contributed by atoms with Gasteiger partial charge in [-0.2, -0.15) is 0 Å². The van der Waals surface area contributed by atoms with Crippen molar-refractivity contribution < 1.29 is 19.4 Å². The minimum absolute atomic E-state index is 0.00941. The van der Waals surface area contributed by atoms with Gasteiger partial charge in [-0.15, -0.1) is 0 Å². The molecule has 0 atom stereocenters. The predicted molar refractivity (Wildman–Crippen MR) is 93.3 cm³/mol. The lowest BCUT2D eigenvalue weighted by Crippen LogP contribution is -2.01. The number of allylic oxidation sites excluding steroid dienone is 1.